The van der Waals surface area contributed by atoms with Gasteiger partial charge < -0.3 is 29.7 Å². The third-order valence-corrected chi connectivity index (χ3v) is 7.33. The highest BCUT2D eigenvalue weighted by Gasteiger charge is 2.37. The highest BCUT2D eigenvalue weighted by molar-refractivity contribution is 5.93. The smallest absolute Gasteiger partial charge is 0.273 e. The van der Waals surface area contributed by atoms with E-state index < -0.39 is 11.8 Å². The van der Waals surface area contributed by atoms with E-state index in [1.807, 2.05) is 6.07 Å². The Morgan fingerprint density at radius 2 is 1.79 bits per heavy atom. The van der Waals surface area contributed by atoms with Crippen molar-refractivity contribution in [2.75, 3.05) is 13.1 Å². The van der Waals surface area contributed by atoms with E-state index in [9.17, 15) is 23.8 Å². The van der Waals surface area contributed by atoms with E-state index in [4.69, 9.17) is 14.5 Å². The number of halogens is 2. The second kappa shape index (κ2) is 10.9. The number of rotatable bonds is 6. The Balaban J connectivity index is 1.23. The van der Waals surface area contributed by atoms with Crippen molar-refractivity contribution in [2.45, 2.75) is 56.5 Å². The van der Waals surface area contributed by atoms with Gasteiger partial charge in [0, 0.05) is 56.2 Å². The van der Waals surface area contributed by atoms with Gasteiger partial charge in [0.25, 0.3) is 5.91 Å². The number of benzene rings is 2. The summed E-state index contributed by atoms with van der Waals surface area (Å²) >= 11 is 0. The molecule has 1 saturated heterocycles. The molecule has 1 saturated carbocycles. The summed E-state index contributed by atoms with van der Waals surface area (Å²) in [5.41, 5.74) is 0.547. The molecule has 0 unspecified atom stereocenters. The van der Waals surface area contributed by atoms with E-state index in [-0.39, 0.29) is 59.2 Å². The van der Waals surface area contributed by atoms with Crippen LogP contribution >= 0.6 is 0 Å². The van der Waals surface area contributed by atoms with Gasteiger partial charge in [0.05, 0.1) is 11.6 Å². The molecule has 3 N–H and O–H groups in total. The Hall–Kier alpha value is -4.17. The second-order valence-electron chi connectivity index (χ2n) is 10.0. The fourth-order valence-corrected chi connectivity index (χ4v) is 5.20. The van der Waals surface area contributed by atoms with E-state index in [1.54, 1.807) is 24.3 Å². The minimum atomic E-state index is -2.55. The average molecular weight is 539 g/mol. The molecular formula is C28H28F2N4O5. The number of hydrogen-bond acceptors (Lipinski definition) is 8. The number of ether oxygens (including phenoxy) is 1. The van der Waals surface area contributed by atoms with Crippen molar-refractivity contribution in [1.82, 2.24) is 15.4 Å². The van der Waals surface area contributed by atoms with Gasteiger partial charge in [-0.1, -0.05) is 5.16 Å². The Kier molecular flexibility index (Phi) is 7.39. The lowest BCUT2D eigenvalue weighted by Crippen LogP contribution is -2.49. The number of phenols is 2. The summed E-state index contributed by atoms with van der Waals surface area (Å²) < 4.78 is 38.2. The van der Waals surface area contributed by atoms with Crippen LogP contribution in [0.5, 0.6) is 23.0 Å². The van der Waals surface area contributed by atoms with Crippen LogP contribution in [0.2, 0.25) is 0 Å². The largest absolute Gasteiger partial charge is 0.508 e. The molecule has 1 aliphatic carbocycles. The SMILES string of the molecule is N#Cc1ccc(Oc2cc(O)cc(O)c2-c2cc(C(=O)NC3CCN(C4CCC(F)(F)CC4)CC3)no2)cc1. The van der Waals surface area contributed by atoms with Crippen molar-refractivity contribution in [3.8, 4) is 40.4 Å². The lowest BCUT2D eigenvalue weighted by Gasteiger charge is -2.40. The number of likely N-dealkylation sites (tertiary alicyclic amines) is 1. The lowest BCUT2D eigenvalue weighted by molar-refractivity contribution is -0.0560. The van der Waals surface area contributed by atoms with Crippen LogP contribution in [-0.4, -0.2) is 57.3 Å². The van der Waals surface area contributed by atoms with E-state index in [1.165, 1.54) is 12.1 Å². The monoisotopic (exact) mass is 538 g/mol. The number of aromatic hydroxyl groups is 2. The lowest BCUT2D eigenvalue weighted by atomic mass is 9.89. The van der Waals surface area contributed by atoms with Gasteiger partial charge in [-0.3, -0.25) is 4.79 Å². The molecule has 2 fully saturated rings. The van der Waals surface area contributed by atoms with Crippen LogP contribution in [0.15, 0.2) is 47.0 Å². The third-order valence-electron chi connectivity index (χ3n) is 7.33. The molecule has 1 aliphatic heterocycles. The first-order valence-electron chi connectivity index (χ1n) is 12.8. The summed E-state index contributed by atoms with van der Waals surface area (Å²) in [7, 11) is 0. The number of nitriles is 1. The Bertz CT molecular complexity index is 1370. The van der Waals surface area contributed by atoms with Crippen LogP contribution in [0, 0.1) is 11.3 Å². The molecule has 2 heterocycles. The summed E-state index contributed by atoms with van der Waals surface area (Å²) in [5, 5.41) is 36.3. The number of aromatic nitrogens is 1. The molecule has 3 aromatic rings. The zero-order valence-corrected chi connectivity index (χ0v) is 21.1. The Morgan fingerprint density at radius 1 is 1.10 bits per heavy atom. The maximum atomic E-state index is 13.5. The molecule has 1 amide bonds. The van der Waals surface area contributed by atoms with Crippen LogP contribution in [0.3, 0.4) is 0 Å². The van der Waals surface area contributed by atoms with Crippen molar-refractivity contribution < 1.29 is 33.0 Å². The first-order chi connectivity index (χ1) is 18.7. The van der Waals surface area contributed by atoms with Crippen LogP contribution in [0.25, 0.3) is 11.3 Å². The van der Waals surface area contributed by atoms with Crippen LogP contribution in [0.4, 0.5) is 8.78 Å². The molecule has 0 bridgehead atoms. The number of piperidine rings is 1. The maximum Gasteiger partial charge on any atom is 0.273 e. The Labute approximate surface area is 223 Å². The predicted octanol–water partition coefficient (Wildman–Crippen LogP) is 5.19. The molecule has 39 heavy (non-hydrogen) atoms. The van der Waals surface area contributed by atoms with Crippen LogP contribution < -0.4 is 10.1 Å². The minimum absolute atomic E-state index is 0.0127. The maximum absolute atomic E-state index is 13.5. The molecule has 0 atom stereocenters. The van der Waals surface area contributed by atoms with Gasteiger partial charge in [0.1, 0.15) is 28.6 Å². The number of carbonyl (C=O) groups excluding carboxylic acids is 1. The van der Waals surface area contributed by atoms with Crippen molar-refractivity contribution in [3.63, 3.8) is 0 Å². The summed E-state index contributed by atoms with van der Waals surface area (Å²) in [6.45, 7) is 1.45. The fraction of sp³-hybridized carbons (Fsp3) is 0.393. The molecule has 2 aliphatic rings. The summed E-state index contributed by atoms with van der Waals surface area (Å²) in [4.78, 5) is 15.1. The zero-order chi connectivity index (χ0) is 27.6. The molecule has 1 aromatic heterocycles. The number of alkyl halides is 2. The first-order valence-corrected chi connectivity index (χ1v) is 12.8. The average Bonchev–Trinajstić information content (AvgIpc) is 3.39. The molecule has 9 nitrogen and oxygen atoms in total. The number of nitrogens with zero attached hydrogens (tertiary/aromatic N) is 3. The number of nitrogens with one attached hydrogen (secondary N) is 1. The molecule has 0 radical (unpaired) electrons. The topological polar surface area (TPSA) is 132 Å². The van der Waals surface area contributed by atoms with Crippen molar-refractivity contribution in [1.29, 1.82) is 5.26 Å². The number of phenolic OH excluding ortho intramolecular Hbond substituents is 2. The van der Waals surface area contributed by atoms with Crippen LogP contribution in [-0.2, 0) is 0 Å². The van der Waals surface area contributed by atoms with Gasteiger partial charge in [0.2, 0.25) is 5.92 Å². The molecule has 204 valence electrons. The highest BCUT2D eigenvalue weighted by Crippen LogP contribution is 2.43. The van der Waals surface area contributed by atoms with Crippen molar-refractivity contribution in [3.05, 3.63) is 53.7 Å². The van der Waals surface area contributed by atoms with E-state index in [2.05, 4.69) is 15.4 Å². The number of carbonyl (C=O) groups is 1. The molecular weight excluding hydrogens is 510 g/mol. The van der Waals surface area contributed by atoms with Gasteiger partial charge in [-0.15, -0.1) is 0 Å². The summed E-state index contributed by atoms with van der Waals surface area (Å²) in [5.74, 6) is -3.09. The molecule has 5 rings (SSSR count). The molecule has 11 heteroatoms. The summed E-state index contributed by atoms with van der Waals surface area (Å²) in [6, 6.07) is 12.1. The van der Waals surface area contributed by atoms with Crippen molar-refractivity contribution in [2.24, 2.45) is 0 Å². The minimum Gasteiger partial charge on any atom is -0.508 e. The third kappa shape index (κ3) is 6.12. The van der Waals surface area contributed by atoms with E-state index in [0.717, 1.165) is 19.2 Å². The van der Waals surface area contributed by atoms with Crippen molar-refractivity contribution >= 4 is 5.91 Å². The first kappa shape index (κ1) is 26.4. The van der Waals surface area contributed by atoms with E-state index in [0.29, 0.717) is 37.0 Å². The standard InChI is InChI=1S/C28H28F2N4O5/c29-28(30)9-5-19(6-10-28)34-11-7-18(8-12-34)32-27(37)22-15-25(39-33-22)26-23(36)13-20(35)14-24(26)38-21-3-1-17(16-31)2-4-21/h1-4,13-15,18-19,35-36H,5-12H2,(H,32,37). The number of amides is 1. The molecule has 2 aromatic carbocycles. The molecule has 0 spiro atoms. The zero-order valence-electron chi connectivity index (χ0n) is 21.1. The normalized spacial score (nSPS) is 18.4. The van der Waals surface area contributed by atoms with Gasteiger partial charge in [-0.05, 0) is 49.9 Å². The summed E-state index contributed by atoms with van der Waals surface area (Å²) in [6.07, 6.45) is 2.24. The highest BCUT2D eigenvalue weighted by atomic mass is 19.3. The second-order valence-corrected chi connectivity index (χ2v) is 10.0. The Morgan fingerprint density at radius 3 is 2.46 bits per heavy atom. The van der Waals surface area contributed by atoms with Gasteiger partial charge in [0.15, 0.2) is 11.5 Å². The van der Waals surface area contributed by atoms with Crippen LogP contribution in [0.1, 0.15) is 54.6 Å². The predicted molar refractivity (Wildman–Crippen MR) is 136 cm³/mol. The van der Waals surface area contributed by atoms with Gasteiger partial charge >= 0.3 is 0 Å². The van der Waals surface area contributed by atoms with Gasteiger partial charge in [-0.2, -0.15) is 5.26 Å². The van der Waals surface area contributed by atoms with E-state index >= 15 is 0 Å². The fourth-order valence-electron chi connectivity index (χ4n) is 5.20. The number of hydrogen-bond donors (Lipinski definition) is 3. The quantitative estimate of drug-likeness (QED) is 0.391. The van der Waals surface area contributed by atoms with Gasteiger partial charge in [-0.25, -0.2) is 8.78 Å².